The molecule has 8 heteroatoms. The van der Waals surface area contributed by atoms with E-state index in [4.69, 9.17) is 0 Å². The van der Waals surface area contributed by atoms with Crippen molar-refractivity contribution < 1.29 is 10.2 Å². The molecule has 0 saturated heterocycles. The second kappa shape index (κ2) is 7.38. The first-order valence-corrected chi connectivity index (χ1v) is 8.52. The fourth-order valence-electron chi connectivity index (χ4n) is 2.80. The minimum absolute atomic E-state index is 0.0849. The molecule has 3 N–H and O–H groups in total. The van der Waals surface area contributed by atoms with Crippen LogP contribution in [0, 0.1) is 0 Å². The summed E-state index contributed by atoms with van der Waals surface area (Å²) in [7, 11) is 0. The van der Waals surface area contributed by atoms with E-state index < -0.39 is 0 Å². The van der Waals surface area contributed by atoms with Gasteiger partial charge >= 0.3 is 0 Å². The monoisotopic (exact) mass is 362 g/mol. The van der Waals surface area contributed by atoms with E-state index in [0.717, 1.165) is 11.3 Å². The van der Waals surface area contributed by atoms with Gasteiger partial charge in [0, 0.05) is 0 Å². The van der Waals surface area contributed by atoms with E-state index in [1.165, 1.54) is 0 Å². The lowest BCUT2D eigenvalue weighted by Gasteiger charge is -2.16. The molecule has 2 heterocycles. The molecule has 4 rings (SSSR count). The molecule has 27 heavy (non-hydrogen) atoms. The van der Waals surface area contributed by atoms with Crippen LogP contribution >= 0.6 is 0 Å². The summed E-state index contributed by atoms with van der Waals surface area (Å²) < 4.78 is 1.65. The first-order valence-electron chi connectivity index (χ1n) is 8.52. The van der Waals surface area contributed by atoms with Crippen molar-refractivity contribution in [3.8, 4) is 11.4 Å². The highest BCUT2D eigenvalue weighted by molar-refractivity contribution is 5.71. The van der Waals surface area contributed by atoms with E-state index in [0.29, 0.717) is 23.5 Å². The van der Waals surface area contributed by atoms with Crippen molar-refractivity contribution in [2.24, 2.45) is 0 Å². The number of nitrogens with one attached hydrogen (secondary N) is 1. The molecule has 4 aromatic rings. The highest BCUT2D eigenvalue weighted by atomic mass is 16.3. The number of fused-ring (bicyclic) bond motifs is 1. The summed E-state index contributed by atoms with van der Waals surface area (Å²) >= 11 is 0. The van der Waals surface area contributed by atoms with E-state index in [1.54, 1.807) is 23.0 Å². The zero-order valence-electron chi connectivity index (χ0n) is 14.4. The van der Waals surface area contributed by atoms with Crippen molar-refractivity contribution in [1.29, 1.82) is 0 Å². The van der Waals surface area contributed by atoms with E-state index in [1.807, 2.05) is 42.5 Å². The normalized spacial score (nSPS) is 12.2. The molecule has 136 valence electrons. The van der Waals surface area contributed by atoms with E-state index in [9.17, 15) is 10.2 Å². The van der Waals surface area contributed by atoms with Gasteiger partial charge in [-0.15, -0.1) is 5.10 Å². The first kappa shape index (κ1) is 16.9. The summed E-state index contributed by atoms with van der Waals surface area (Å²) in [6.07, 6.45) is 2.17. The Morgan fingerprint density at radius 2 is 1.81 bits per heavy atom. The number of phenols is 1. The molecule has 0 aliphatic rings. The number of aliphatic hydroxyl groups excluding tert-OH is 1. The summed E-state index contributed by atoms with van der Waals surface area (Å²) in [5.41, 5.74) is 3.01. The van der Waals surface area contributed by atoms with Gasteiger partial charge in [-0.05, 0) is 36.2 Å². The van der Waals surface area contributed by atoms with Gasteiger partial charge in [-0.1, -0.05) is 35.5 Å². The van der Waals surface area contributed by atoms with Crippen LogP contribution in [0.4, 0.5) is 5.95 Å². The maximum Gasteiger partial charge on any atom is 0.225 e. The lowest BCUT2D eigenvalue weighted by molar-refractivity contribution is 0.273. The summed E-state index contributed by atoms with van der Waals surface area (Å²) in [6.45, 7) is -0.0849. The Hall–Kier alpha value is -3.52. The summed E-state index contributed by atoms with van der Waals surface area (Å²) in [6, 6.07) is 16.2. The number of aromatic hydroxyl groups is 1. The van der Waals surface area contributed by atoms with E-state index >= 15 is 0 Å². The van der Waals surface area contributed by atoms with Crippen LogP contribution in [0.2, 0.25) is 0 Å². The molecule has 8 nitrogen and oxygen atoms in total. The van der Waals surface area contributed by atoms with Crippen molar-refractivity contribution >= 4 is 17.1 Å². The maximum absolute atomic E-state index is 9.71. The van der Waals surface area contributed by atoms with Gasteiger partial charge < -0.3 is 15.5 Å². The number of aliphatic hydroxyl groups is 1. The van der Waals surface area contributed by atoms with Crippen LogP contribution in [0.15, 0.2) is 60.8 Å². The molecular formula is C19H18N6O2. The second-order valence-corrected chi connectivity index (χ2v) is 6.13. The first-order chi connectivity index (χ1) is 13.2. The van der Waals surface area contributed by atoms with Gasteiger partial charge in [0.2, 0.25) is 5.95 Å². The highest BCUT2D eigenvalue weighted by Crippen LogP contribution is 2.16. The second-order valence-electron chi connectivity index (χ2n) is 6.13. The number of phenolic OH excluding ortho intramolecular Hbond substituents is 1. The zero-order chi connectivity index (χ0) is 18.6. The SMILES string of the molecule is OC[C@@H](Cc1ccc(O)cc1)Nc1ncc2nnn(-c3ccccc3)c2n1. The molecule has 0 spiro atoms. The topological polar surface area (TPSA) is 109 Å². The highest BCUT2D eigenvalue weighted by Gasteiger charge is 2.13. The number of aromatic nitrogens is 5. The number of benzene rings is 2. The average Bonchev–Trinajstić information content (AvgIpc) is 3.13. The Morgan fingerprint density at radius 1 is 1.04 bits per heavy atom. The Kier molecular flexibility index (Phi) is 4.63. The predicted octanol–water partition coefficient (Wildman–Crippen LogP) is 1.93. The third kappa shape index (κ3) is 3.70. The van der Waals surface area contributed by atoms with E-state index in [-0.39, 0.29) is 18.4 Å². The molecular weight excluding hydrogens is 344 g/mol. The van der Waals surface area contributed by atoms with Crippen LogP contribution in [-0.4, -0.2) is 47.8 Å². The largest absolute Gasteiger partial charge is 0.508 e. The molecule has 0 aliphatic carbocycles. The maximum atomic E-state index is 9.71. The number of rotatable bonds is 6. The molecule has 0 aliphatic heterocycles. The Balaban J connectivity index is 1.58. The number of hydrogen-bond acceptors (Lipinski definition) is 7. The molecule has 0 bridgehead atoms. The number of anilines is 1. The van der Waals surface area contributed by atoms with Crippen molar-refractivity contribution in [3.63, 3.8) is 0 Å². The quantitative estimate of drug-likeness (QED) is 0.481. The van der Waals surface area contributed by atoms with Crippen LogP contribution in [0.1, 0.15) is 5.56 Å². The number of para-hydroxylation sites is 1. The predicted molar refractivity (Wildman–Crippen MR) is 101 cm³/mol. The molecule has 0 radical (unpaired) electrons. The van der Waals surface area contributed by atoms with Crippen LogP contribution < -0.4 is 5.32 Å². The van der Waals surface area contributed by atoms with Crippen LogP contribution in [-0.2, 0) is 6.42 Å². The average molecular weight is 362 g/mol. The van der Waals surface area contributed by atoms with Gasteiger partial charge in [-0.2, -0.15) is 9.67 Å². The van der Waals surface area contributed by atoms with Gasteiger partial charge in [0.25, 0.3) is 0 Å². The molecule has 0 unspecified atom stereocenters. The van der Waals surface area contributed by atoms with Crippen molar-refractivity contribution in [3.05, 3.63) is 66.4 Å². The zero-order valence-corrected chi connectivity index (χ0v) is 14.4. The standard InChI is InChI=1S/C19H18N6O2/c26-12-14(10-13-6-8-16(27)9-7-13)21-19-20-11-17-18(22-19)25(24-23-17)15-4-2-1-3-5-15/h1-9,11,14,26-27H,10,12H2,(H,20,21,22)/t14-/m1/s1. The van der Waals surface area contributed by atoms with Gasteiger partial charge in [0.1, 0.15) is 5.75 Å². The Bertz CT molecular complexity index is 1030. The molecule has 2 aromatic heterocycles. The fraction of sp³-hybridized carbons (Fsp3) is 0.158. The van der Waals surface area contributed by atoms with Crippen LogP contribution in [0.5, 0.6) is 5.75 Å². The van der Waals surface area contributed by atoms with Gasteiger partial charge in [-0.25, -0.2) is 4.98 Å². The number of hydrogen-bond donors (Lipinski definition) is 3. The smallest absolute Gasteiger partial charge is 0.225 e. The molecule has 0 fully saturated rings. The van der Waals surface area contributed by atoms with Crippen molar-refractivity contribution in [2.75, 3.05) is 11.9 Å². The van der Waals surface area contributed by atoms with Gasteiger partial charge in [0.15, 0.2) is 11.2 Å². The third-order valence-electron chi connectivity index (χ3n) is 4.17. The molecule has 1 atom stereocenters. The summed E-state index contributed by atoms with van der Waals surface area (Å²) in [5.74, 6) is 0.600. The van der Waals surface area contributed by atoms with E-state index in [2.05, 4.69) is 25.6 Å². The van der Waals surface area contributed by atoms with Crippen LogP contribution in [0.3, 0.4) is 0 Å². The van der Waals surface area contributed by atoms with Crippen LogP contribution in [0.25, 0.3) is 16.9 Å². The Morgan fingerprint density at radius 3 is 2.56 bits per heavy atom. The molecule has 0 amide bonds. The minimum atomic E-state index is -0.270. The van der Waals surface area contributed by atoms with Gasteiger partial charge in [0.05, 0.1) is 24.5 Å². The molecule has 0 saturated carbocycles. The lowest BCUT2D eigenvalue weighted by atomic mass is 10.1. The number of nitrogens with zero attached hydrogens (tertiary/aromatic N) is 5. The van der Waals surface area contributed by atoms with Gasteiger partial charge in [-0.3, -0.25) is 0 Å². The summed E-state index contributed by atoms with van der Waals surface area (Å²) in [4.78, 5) is 8.79. The Labute approximate surface area is 155 Å². The molecule has 2 aromatic carbocycles. The van der Waals surface area contributed by atoms with Crippen molar-refractivity contribution in [1.82, 2.24) is 25.0 Å². The van der Waals surface area contributed by atoms with Crippen molar-refractivity contribution in [2.45, 2.75) is 12.5 Å². The fourth-order valence-corrected chi connectivity index (χ4v) is 2.80. The lowest BCUT2D eigenvalue weighted by Crippen LogP contribution is -2.27. The minimum Gasteiger partial charge on any atom is -0.508 e. The summed E-state index contributed by atoms with van der Waals surface area (Å²) in [5, 5.41) is 30.5. The third-order valence-corrected chi connectivity index (χ3v) is 4.17.